The molecule has 5 heteroatoms. The number of aliphatic hydroxyl groups excluding tert-OH is 1. The van der Waals surface area contributed by atoms with Gasteiger partial charge in [0.15, 0.2) is 0 Å². The predicted molar refractivity (Wildman–Crippen MR) is 54.4 cm³/mol. The van der Waals surface area contributed by atoms with E-state index in [-0.39, 0.29) is 18.6 Å². The van der Waals surface area contributed by atoms with Crippen LogP contribution in [0, 0.1) is 0 Å². The Morgan fingerprint density at radius 3 is 3.07 bits per heavy atom. The van der Waals surface area contributed by atoms with Crippen molar-refractivity contribution in [3.63, 3.8) is 0 Å². The minimum Gasteiger partial charge on any atom is -0.465 e. The first-order chi connectivity index (χ1) is 6.67. The number of carbonyl (C=O) groups excluding carboxylic acids is 1. The largest absolute Gasteiger partial charge is 0.465 e. The zero-order valence-electron chi connectivity index (χ0n) is 7.90. The van der Waals surface area contributed by atoms with Crippen LogP contribution in [0.2, 0.25) is 0 Å². The van der Waals surface area contributed by atoms with E-state index in [0.29, 0.717) is 12.0 Å². The monoisotopic (exact) mass is 215 g/mol. The number of hydrogen-bond donors (Lipinski definition) is 2. The van der Waals surface area contributed by atoms with Crippen LogP contribution in [0.25, 0.3) is 0 Å². The summed E-state index contributed by atoms with van der Waals surface area (Å²) in [4.78, 5) is 12.1. The standard InChI is InChI=1S/C9H13NO3S/c1-13-9(12)6-2-8(14-5-6)3-7(10)4-11/h2,5,7,11H,3-4,10H2,1H3. The number of esters is 1. The summed E-state index contributed by atoms with van der Waals surface area (Å²) in [6.07, 6.45) is 0.582. The molecule has 0 aliphatic heterocycles. The van der Waals surface area contributed by atoms with Gasteiger partial charge in [-0.05, 0) is 12.5 Å². The average molecular weight is 215 g/mol. The van der Waals surface area contributed by atoms with E-state index < -0.39 is 0 Å². The molecule has 4 nitrogen and oxygen atoms in total. The lowest BCUT2D eigenvalue weighted by atomic mass is 10.2. The first-order valence-electron chi connectivity index (χ1n) is 4.19. The average Bonchev–Trinajstić information content (AvgIpc) is 2.65. The van der Waals surface area contributed by atoms with E-state index in [9.17, 15) is 4.79 Å². The van der Waals surface area contributed by atoms with Crippen LogP contribution in [0.4, 0.5) is 0 Å². The Kier molecular flexibility index (Phi) is 4.06. The maximum atomic E-state index is 11.1. The molecule has 0 fully saturated rings. The van der Waals surface area contributed by atoms with Crippen LogP contribution >= 0.6 is 11.3 Å². The second-order valence-corrected chi connectivity index (χ2v) is 3.94. The molecule has 1 aromatic rings. The number of thiophene rings is 1. The molecule has 14 heavy (non-hydrogen) atoms. The second-order valence-electron chi connectivity index (χ2n) is 2.94. The minimum atomic E-state index is -0.343. The van der Waals surface area contributed by atoms with Gasteiger partial charge < -0.3 is 15.6 Å². The first-order valence-corrected chi connectivity index (χ1v) is 5.07. The topological polar surface area (TPSA) is 72.5 Å². The molecular formula is C9H13NO3S. The van der Waals surface area contributed by atoms with Crippen molar-refractivity contribution < 1.29 is 14.6 Å². The van der Waals surface area contributed by atoms with Crippen molar-refractivity contribution in [1.29, 1.82) is 0 Å². The molecule has 1 unspecified atom stereocenters. The quantitative estimate of drug-likeness (QED) is 0.713. The van der Waals surface area contributed by atoms with Crippen molar-refractivity contribution in [3.8, 4) is 0 Å². The van der Waals surface area contributed by atoms with Gasteiger partial charge in [0.05, 0.1) is 19.3 Å². The smallest absolute Gasteiger partial charge is 0.338 e. The Morgan fingerprint density at radius 2 is 2.50 bits per heavy atom. The lowest BCUT2D eigenvalue weighted by Crippen LogP contribution is -2.26. The third-order valence-electron chi connectivity index (χ3n) is 1.77. The maximum absolute atomic E-state index is 11.1. The van der Waals surface area contributed by atoms with Crippen molar-refractivity contribution in [3.05, 3.63) is 21.9 Å². The highest BCUT2D eigenvalue weighted by Crippen LogP contribution is 2.16. The van der Waals surface area contributed by atoms with Crippen LogP contribution in [-0.2, 0) is 11.2 Å². The van der Waals surface area contributed by atoms with Gasteiger partial charge in [0.25, 0.3) is 0 Å². The second kappa shape index (κ2) is 5.09. The summed E-state index contributed by atoms with van der Waals surface area (Å²) < 4.78 is 4.57. The number of ether oxygens (including phenoxy) is 1. The molecule has 1 atom stereocenters. The van der Waals surface area contributed by atoms with Gasteiger partial charge in [0.2, 0.25) is 0 Å². The van der Waals surface area contributed by atoms with Gasteiger partial charge in [-0.25, -0.2) is 4.79 Å². The number of nitrogens with two attached hydrogens (primary N) is 1. The molecular weight excluding hydrogens is 202 g/mol. The van der Waals surface area contributed by atoms with Crippen molar-refractivity contribution in [1.82, 2.24) is 0 Å². The highest BCUT2D eigenvalue weighted by molar-refractivity contribution is 7.10. The number of hydrogen-bond acceptors (Lipinski definition) is 5. The van der Waals surface area contributed by atoms with Crippen LogP contribution in [0.5, 0.6) is 0 Å². The van der Waals surface area contributed by atoms with E-state index in [1.54, 1.807) is 11.4 Å². The lowest BCUT2D eigenvalue weighted by Gasteiger charge is -2.04. The normalized spacial score (nSPS) is 12.5. The lowest BCUT2D eigenvalue weighted by molar-refractivity contribution is 0.0601. The summed E-state index contributed by atoms with van der Waals surface area (Å²) >= 11 is 1.44. The fraction of sp³-hybridized carbons (Fsp3) is 0.444. The number of carbonyl (C=O) groups is 1. The Hall–Kier alpha value is -0.910. The van der Waals surface area contributed by atoms with E-state index in [0.717, 1.165) is 4.88 Å². The first kappa shape index (κ1) is 11.2. The zero-order chi connectivity index (χ0) is 10.6. The number of aliphatic hydroxyl groups is 1. The van der Waals surface area contributed by atoms with Gasteiger partial charge in [0, 0.05) is 16.3 Å². The third kappa shape index (κ3) is 2.80. The molecule has 0 aliphatic carbocycles. The van der Waals surface area contributed by atoms with Crippen molar-refractivity contribution in [2.45, 2.75) is 12.5 Å². The fourth-order valence-corrected chi connectivity index (χ4v) is 1.98. The SMILES string of the molecule is COC(=O)c1csc(CC(N)CO)c1. The summed E-state index contributed by atoms with van der Waals surface area (Å²) in [5, 5.41) is 10.5. The molecule has 0 aliphatic rings. The zero-order valence-corrected chi connectivity index (χ0v) is 8.71. The Morgan fingerprint density at radius 1 is 1.79 bits per heavy atom. The summed E-state index contributed by atoms with van der Waals surface area (Å²) in [5.41, 5.74) is 6.10. The van der Waals surface area contributed by atoms with Crippen LogP contribution in [0.15, 0.2) is 11.4 Å². The molecule has 0 saturated carbocycles. The maximum Gasteiger partial charge on any atom is 0.338 e. The van der Waals surface area contributed by atoms with E-state index in [2.05, 4.69) is 4.74 Å². The molecule has 0 bridgehead atoms. The molecule has 1 heterocycles. The number of methoxy groups -OCH3 is 1. The summed E-state index contributed by atoms with van der Waals surface area (Å²) in [5.74, 6) is -0.343. The van der Waals surface area contributed by atoms with E-state index in [1.807, 2.05) is 0 Å². The molecule has 1 aromatic heterocycles. The molecule has 0 amide bonds. The Balaban J connectivity index is 2.63. The van der Waals surface area contributed by atoms with Gasteiger partial charge >= 0.3 is 5.97 Å². The van der Waals surface area contributed by atoms with Crippen molar-refractivity contribution in [2.75, 3.05) is 13.7 Å². The molecule has 0 spiro atoms. The molecule has 78 valence electrons. The third-order valence-corrected chi connectivity index (χ3v) is 2.73. The number of rotatable bonds is 4. The van der Waals surface area contributed by atoms with Gasteiger partial charge in [-0.15, -0.1) is 11.3 Å². The Labute approximate surface area is 86.3 Å². The highest BCUT2D eigenvalue weighted by atomic mass is 32.1. The molecule has 3 N–H and O–H groups in total. The summed E-state index contributed by atoms with van der Waals surface area (Å²) in [6.45, 7) is -0.0501. The summed E-state index contributed by atoms with van der Waals surface area (Å²) in [7, 11) is 1.35. The van der Waals surface area contributed by atoms with Crippen LogP contribution in [-0.4, -0.2) is 30.8 Å². The summed E-state index contributed by atoms with van der Waals surface area (Å²) in [6, 6.07) is 1.48. The minimum absolute atomic E-state index is 0.0501. The van der Waals surface area contributed by atoms with E-state index in [1.165, 1.54) is 18.4 Å². The van der Waals surface area contributed by atoms with Gasteiger partial charge in [-0.2, -0.15) is 0 Å². The van der Waals surface area contributed by atoms with Crippen molar-refractivity contribution >= 4 is 17.3 Å². The van der Waals surface area contributed by atoms with Crippen molar-refractivity contribution in [2.24, 2.45) is 5.73 Å². The van der Waals surface area contributed by atoms with Gasteiger partial charge in [0.1, 0.15) is 0 Å². The van der Waals surface area contributed by atoms with Crippen LogP contribution < -0.4 is 5.73 Å². The molecule has 0 radical (unpaired) electrons. The van der Waals surface area contributed by atoms with E-state index >= 15 is 0 Å². The molecule has 0 aromatic carbocycles. The van der Waals surface area contributed by atoms with Crippen LogP contribution in [0.3, 0.4) is 0 Å². The highest BCUT2D eigenvalue weighted by Gasteiger charge is 2.10. The molecule has 0 saturated heterocycles. The van der Waals surface area contributed by atoms with Gasteiger partial charge in [-0.1, -0.05) is 0 Å². The fourth-order valence-electron chi connectivity index (χ4n) is 1.04. The van der Waals surface area contributed by atoms with Crippen LogP contribution in [0.1, 0.15) is 15.2 Å². The molecule has 1 rings (SSSR count). The van der Waals surface area contributed by atoms with Gasteiger partial charge in [-0.3, -0.25) is 0 Å². The Bertz CT molecular complexity index is 311. The van der Waals surface area contributed by atoms with E-state index in [4.69, 9.17) is 10.8 Å². The predicted octanol–water partition coefficient (Wildman–Crippen LogP) is 0.397.